The monoisotopic (exact) mass is 306 g/mol. The standard InChI is InChI=1S/C17H14N4O2/c1-23-15-10-7-13(8-11-15)9-12-16(22)21-17(18-19-20-21)14-5-3-2-4-6-14/h2-12H,1H3/b12-9+. The minimum absolute atomic E-state index is 0.315. The molecule has 114 valence electrons. The molecule has 1 aromatic heterocycles. The lowest BCUT2D eigenvalue weighted by molar-refractivity contribution is 0.0955. The highest BCUT2D eigenvalue weighted by Gasteiger charge is 2.12. The first kappa shape index (κ1) is 14.6. The van der Waals surface area contributed by atoms with E-state index in [0.29, 0.717) is 5.82 Å². The SMILES string of the molecule is COc1ccc(/C=C/C(=O)n2nnnc2-c2ccccc2)cc1. The third-order valence-electron chi connectivity index (χ3n) is 3.24. The van der Waals surface area contributed by atoms with Crippen molar-refractivity contribution in [1.29, 1.82) is 0 Å². The molecular formula is C17H14N4O2. The van der Waals surface area contributed by atoms with Crippen molar-refractivity contribution in [3.8, 4) is 17.1 Å². The van der Waals surface area contributed by atoms with Gasteiger partial charge in [0, 0.05) is 11.6 Å². The number of carbonyl (C=O) groups is 1. The highest BCUT2D eigenvalue weighted by Crippen LogP contribution is 2.15. The number of nitrogens with zero attached hydrogens (tertiary/aromatic N) is 4. The minimum Gasteiger partial charge on any atom is -0.497 e. The van der Waals surface area contributed by atoms with Crippen LogP contribution in [0.3, 0.4) is 0 Å². The lowest BCUT2D eigenvalue weighted by Crippen LogP contribution is -2.11. The van der Waals surface area contributed by atoms with Gasteiger partial charge in [0.2, 0.25) is 0 Å². The van der Waals surface area contributed by atoms with Crippen LogP contribution < -0.4 is 4.74 Å². The molecule has 0 spiro atoms. The fourth-order valence-corrected chi connectivity index (χ4v) is 2.06. The molecule has 2 aromatic carbocycles. The van der Waals surface area contributed by atoms with Crippen LogP contribution in [0.2, 0.25) is 0 Å². The van der Waals surface area contributed by atoms with Crippen molar-refractivity contribution >= 4 is 12.0 Å². The number of aromatic nitrogens is 4. The molecule has 0 bridgehead atoms. The molecule has 0 aliphatic heterocycles. The van der Waals surface area contributed by atoms with Crippen LogP contribution in [0.1, 0.15) is 10.4 Å². The Morgan fingerprint density at radius 3 is 2.52 bits per heavy atom. The third kappa shape index (κ3) is 3.32. The van der Waals surface area contributed by atoms with E-state index in [9.17, 15) is 4.79 Å². The van der Waals surface area contributed by atoms with E-state index in [-0.39, 0.29) is 5.91 Å². The van der Waals surface area contributed by atoms with Crippen LogP contribution in [0, 0.1) is 0 Å². The molecule has 0 saturated carbocycles. The van der Waals surface area contributed by atoms with E-state index >= 15 is 0 Å². The largest absolute Gasteiger partial charge is 0.497 e. The molecule has 0 saturated heterocycles. The van der Waals surface area contributed by atoms with E-state index in [1.165, 1.54) is 10.8 Å². The lowest BCUT2D eigenvalue weighted by atomic mass is 10.2. The maximum atomic E-state index is 12.3. The van der Waals surface area contributed by atoms with Crippen LogP contribution in [0.5, 0.6) is 5.75 Å². The number of methoxy groups -OCH3 is 1. The van der Waals surface area contributed by atoms with Crippen molar-refractivity contribution in [2.45, 2.75) is 0 Å². The van der Waals surface area contributed by atoms with Crippen LogP contribution in [-0.2, 0) is 0 Å². The highest BCUT2D eigenvalue weighted by molar-refractivity contribution is 5.94. The molecule has 23 heavy (non-hydrogen) atoms. The molecule has 0 atom stereocenters. The Balaban J connectivity index is 1.81. The number of allylic oxidation sites excluding steroid dienone is 1. The van der Waals surface area contributed by atoms with Gasteiger partial charge in [-0.15, -0.1) is 5.10 Å². The summed E-state index contributed by atoms with van der Waals surface area (Å²) in [5.41, 5.74) is 1.66. The van der Waals surface area contributed by atoms with Crippen molar-refractivity contribution in [1.82, 2.24) is 20.2 Å². The first-order valence-electron chi connectivity index (χ1n) is 6.98. The highest BCUT2D eigenvalue weighted by atomic mass is 16.5. The Labute approximate surface area is 133 Å². The zero-order chi connectivity index (χ0) is 16.1. The van der Waals surface area contributed by atoms with Crippen molar-refractivity contribution in [2.75, 3.05) is 7.11 Å². The molecule has 1 heterocycles. The van der Waals surface area contributed by atoms with Gasteiger partial charge >= 0.3 is 0 Å². The summed E-state index contributed by atoms with van der Waals surface area (Å²) in [4.78, 5) is 12.3. The Morgan fingerprint density at radius 1 is 1.09 bits per heavy atom. The van der Waals surface area contributed by atoms with E-state index in [2.05, 4.69) is 15.5 Å². The maximum absolute atomic E-state index is 12.3. The molecule has 0 unspecified atom stereocenters. The smallest absolute Gasteiger partial charge is 0.274 e. The zero-order valence-corrected chi connectivity index (χ0v) is 12.5. The topological polar surface area (TPSA) is 69.9 Å². The number of hydrogen-bond donors (Lipinski definition) is 0. The van der Waals surface area contributed by atoms with Gasteiger partial charge in [-0.25, -0.2) is 0 Å². The summed E-state index contributed by atoms with van der Waals surface area (Å²) in [5.74, 6) is 0.861. The summed E-state index contributed by atoms with van der Waals surface area (Å²) in [7, 11) is 1.61. The summed E-state index contributed by atoms with van der Waals surface area (Å²) in [6, 6.07) is 16.7. The van der Waals surface area contributed by atoms with Crippen LogP contribution >= 0.6 is 0 Å². The second kappa shape index (κ2) is 6.65. The summed E-state index contributed by atoms with van der Waals surface area (Å²) in [6.45, 7) is 0. The molecule has 3 aromatic rings. The van der Waals surface area contributed by atoms with Crippen LogP contribution in [0.25, 0.3) is 17.5 Å². The van der Waals surface area contributed by atoms with Gasteiger partial charge in [0.1, 0.15) is 5.75 Å². The van der Waals surface area contributed by atoms with Crippen molar-refractivity contribution in [3.63, 3.8) is 0 Å². The number of carbonyl (C=O) groups excluding carboxylic acids is 1. The molecule has 3 rings (SSSR count). The second-order valence-electron chi connectivity index (χ2n) is 4.73. The number of rotatable bonds is 4. The maximum Gasteiger partial charge on any atom is 0.274 e. The van der Waals surface area contributed by atoms with Gasteiger partial charge in [-0.05, 0) is 34.2 Å². The van der Waals surface area contributed by atoms with Gasteiger partial charge in [0.25, 0.3) is 5.91 Å². The first-order valence-corrected chi connectivity index (χ1v) is 6.98. The molecule has 0 amide bonds. The van der Waals surface area contributed by atoms with Gasteiger partial charge in [-0.1, -0.05) is 42.5 Å². The lowest BCUT2D eigenvalue weighted by Gasteiger charge is -2.01. The Bertz CT molecular complexity index is 823. The van der Waals surface area contributed by atoms with E-state index in [1.807, 2.05) is 54.6 Å². The van der Waals surface area contributed by atoms with Gasteiger partial charge < -0.3 is 4.74 Å². The molecule has 0 fully saturated rings. The van der Waals surface area contributed by atoms with Crippen LogP contribution in [-0.4, -0.2) is 33.2 Å². The average molecular weight is 306 g/mol. The van der Waals surface area contributed by atoms with E-state index in [4.69, 9.17) is 4.74 Å². The summed E-state index contributed by atoms with van der Waals surface area (Å²) >= 11 is 0. The normalized spacial score (nSPS) is 10.8. The number of ether oxygens (including phenoxy) is 1. The molecule has 0 N–H and O–H groups in total. The van der Waals surface area contributed by atoms with E-state index < -0.39 is 0 Å². The fourth-order valence-electron chi connectivity index (χ4n) is 2.06. The predicted octanol–water partition coefficient (Wildman–Crippen LogP) is 2.70. The van der Waals surface area contributed by atoms with Gasteiger partial charge in [-0.2, -0.15) is 4.68 Å². The minimum atomic E-state index is -0.315. The molecule has 0 aliphatic carbocycles. The molecule has 6 heteroatoms. The molecular weight excluding hydrogens is 292 g/mol. The number of benzene rings is 2. The first-order chi connectivity index (χ1) is 11.3. The summed E-state index contributed by atoms with van der Waals surface area (Å²) in [5, 5.41) is 11.3. The van der Waals surface area contributed by atoms with Crippen LogP contribution in [0.15, 0.2) is 60.7 Å². The van der Waals surface area contributed by atoms with Gasteiger partial charge in [0.05, 0.1) is 7.11 Å². The van der Waals surface area contributed by atoms with E-state index in [1.54, 1.807) is 13.2 Å². The van der Waals surface area contributed by atoms with Crippen molar-refractivity contribution in [3.05, 3.63) is 66.2 Å². The van der Waals surface area contributed by atoms with Gasteiger partial charge in [0.15, 0.2) is 5.82 Å². The molecule has 0 aliphatic rings. The fraction of sp³-hybridized carbons (Fsp3) is 0.0588. The average Bonchev–Trinajstić information content (AvgIpc) is 3.11. The summed E-state index contributed by atoms with van der Waals surface area (Å²) < 4.78 is 6.27. The quantitative estimate of drug-likeness (QED) is 0.547. The molecule has 0 radical (unpaired) electrons. The number of hydrogen-bond acceptors (Lipinski definition) is 5. The van der Waals surface area contributed by atoms with Crippen LogP contribution in [0.4, 0.5) is 0 Å². The Morgan fingerprint density at radius 2 is 1.83 bits per heavy atom. The molecule has 6 nitrogen and oxygen atoms in total. The van der Waals surface area contributed by atoms with E-state index in [0.717, 1.165) is 16.9 Å². The third-order valence-corrected chi connectivity index (χ3v) is 3.24. The Hall–Kier alpha value is -3.28. The van der Waals surface area contributed by atoms with Crippen molar-refractivity contribution < 1.29 is 9.53 Å². The zero-order valence-electron chi connectivity index (χ0n) is 12.5. The predicted molar refractivity (Wildman–Crippen MR) is 85.9 cm³/mol. The Kier molecular flexibility index (Phi) is 4.24. The second-order valence-corrected chi connectivity index (χ2v) is 4.73. The number of tetrazole rings is 1. The van der Waals surface area contributed by atoms with Crippen molar-refractivity contribution in [2.24, 2.45) is 0 Å². The van der Waals surface area contributed by atoms with Gasteiger partial charge in [-0.3, -0.25) is 4.79 Å². The summed E-state index contributed by atoms with van der Waals surface area (Å²) in [6.07, 6.45) is 3.14.